The fourth-order valence-corrected chi connectivity index (χ4v) is 2.52. The van der Waals surface area contributed by atoms with Crippen LogP contribution in [-0.2, 0) is 6.42 Å². The van der Waals surface area contributed by atoms with Crippen LogP contribution in [0.25, 0.3) is 16.0 Å². The summed E-state index contributed by atoms with van der Waals surface area (Å²) in [5.74, 6) is 0. The van der Waals surface area contributed by atoms with Gasteiger partial charge in [-0.1, -0.05) is 54.2 Å². The predicted molar refractivity (Wildman–Crippen MR) is 72.6 cm³/mol. The molecule has 0 saturated carbocycles. The first-order valence-electron chi connectivity index (χ1n) is 5.76. The van der Waals surface area contributed by atoms with Gasteiger partial charge in [-0.2, -0.15) is 0 Å². The molecular weight excluding hydrogens is 222 g/mol. The van der Waals surface area contributed by atoms with E-state index in [9.17, 15) is 0 Å². The van der Waals surface area contributed by atoms with Crippen LogP contribution in [0.5, 0.6) is 0 Å². The Bertz CT molecular complexity index is 695. The van der Waals surface area contributed by atoms with E-state index in [1.807, 2.05) is 24.3 Å². The highest BCUT2D eigenvalue weighted by atomic mass is 15.1. The van der Waals surface area contributed by atoms with Crippen molar-refractivity contribution >= 4 is 11.3 Å². The lowest BCUT2D eigenvalue weighted by Crippen LogP contribution is -2.05. The summed E-state index contributed by atoms with van der Waals surface area (Å²) in [6.07, 6.45) is 0.860. The van der Waals surface area contributed by atoms with Gasteiger partial charge in [0, 0.05) is 10.6 Å². The van der Waals surface area contributed by atoms with Gasteiger partial charge in [0.2, 0.25) is 0 Å². The normalized spacial score (nSPS) is 12.3. The maximum absolute atomic E-state index is 8.63. The molecule has 0 heterocycles. The highest BCUT2D eigenvalue weighted by Crippen LogP contribution is 2.39. The maximum atomic E-state index is 8.63. The molecule has 1 aliphatic rings. The van der Waals surface area contributed by atoms with E-state index < -0.39 is 0 Å². The van der Waals surface area contributed by atoms with E-state index in [1.165, 1.54) is 11.1 Å². The number of fused-ring (bicyclic) bond motifs is 2. The Morgan fingerprint density at radius 1 is 1.06 bits per heavy atom. The first-order chi connectivity index (χ1) is 8.81. The summed E-state index contributed by atoms with van der Waals surface area (Å²) in [5, 5.41) is 3.76. The first kappa shape index (κ1) is 10.6. The zero-order valence-corrected chi connectivity index (χ0v) is 9.80. The summed E-state index contributed by atoms with van der Waals surface area (Å²) in [6.45, 7) is 4.16. The van der Waals surface area contributed by atoms with Crippen molar-refractivity contribution in [3.05, 3.63) is 81.7 Å². The van der Waals surface area contributed by atoms with Crippen molar-refractivity contribution < 1.29 is 0 Å². The number of hydrogen-bond acceptors (Lipinski definition) is 1. The van der Waals surface area contributed by atoms with Gasteiger partial charge in [0.25, 0.3) is 0 Å². The lowest BCUT2D eigenvalue weighted by Gasteiger charge is -2.23. The number of rotatable bonds is 1. The molecule has 2 aromatic carbocycles. The van der Waals surface area contributed by atoms with E-state index in [0.717, 1.165) is 23.1 Å². The fraction of sp³-hybridized carbons (Fsp3) is 0.0667. The minimum absolute atomic E-state index is 0.662. The third-order valence-electron chi connectivity index (χ3n) is 3.31. The summed E-state index contributed by atoms with van der Waals surface area (Å²) in [6, 6.07) is 14.0. The molecular formula is C15H11N3. The fourth-order valence-electron chi connectivity index (χ4n) is 2.52. The van der Waals surface area contributed by atoms with Gasteiger partial charge in [0.05, 0.1) is 0 Å². The van der Waals surface area contributed by atoms with Gasteiger partial charge < -0.3 is 0 Å². The second-order valence-electron chi connectivity index (χ2n) is 4.31. The lowest BCUT2D eigenvalue weighted by atomic mass is 9.82. The highest BCUT2D eigenvalue weighted by Gasteiger charge is 2.20. The van der Waals surface area contributed by atoms with Crippen LogP contribution >= 0.6 is 0 Å². The van der Waals surface area contributed by atoms with E-state index in [4.69, 9.17) is 5.53 Å². The Morgan fingerprint density at radius 3 is 2.67 bits per heavy atom. The number of hydrogen-bond donors (Lipinski definition) is 0. The summed E-state index contributed by atoms with van der Waals surface area (Å²) in [5.41, 5.74) is 14.8. The average molecular weight is 233 g/mol. The van der Waals surface area contributed by atoms with Gasteiger partial charge >= 0.3 is 0 Å². The molecule has 18 heavy (non-hydrogen) atoms. The second-order valence-corrected chi connectivity index (χ2v) is 4.31. The summed E-state index contributed by atoms with van der Waals surface area (Å²) in [4.78, 5) is 2.89. The van der Waals surface area contributed by atoms with Gasteiger partial charge in [-0.05, 0) is 39.8 Å². The van der Waals surface area contributed by atoms with Crippen LogP contribution in [0.1, 0.15) is 22.3 Å². The van der Waals surface area contributed by atoms with Crippen LogP contribution < -0.4 is 0 Å². The maximum Gasteiger partial charge on any atom is 0.0456 e. The van der Waals surface area contributed by atoms with Crippen molar-refractivity contribution in [2.24, 2.45) is 5.11 Å². The molecule has 0 spiro atoms. The average Bonchev–Trinajstić information content (AvgIpc) is 2.39. The van der Waals surface area contributed by atoms with Crippen molar-refractivity contribution in [1.82, 2.24) is 0 Å². The summed E-state index contributed by atoms with van der Waals surface area (Å²) in [7, 11) is 0. The molecule has 0 bridgehead atoms. The molecule has 3 heteroatoms. The molecule has 0 atom stereocenters. The third-order valence-corrected chi connectivity index (χ3v) is 3.31. The number of benzene rings is 2. The smallest absolute Gasteiger partial charge is 0.0456 e. The zero-order chi connectivity index (χ0) is 12.5. The molecule has 3 nitrogen and oxygen atoms in total. The Labute approximate surface area is 105 Å². The molecule has 0 fully saturated rings. The van der Waals surface area contributed by atoms with Gasteiger partial charge in [-0.3, -0.25) is 0 Å². The Balaban J connectivity index is 2.26. The van der Waals surface area contributed by atoms with Crippen LogP contribution in [0.4, 0.5) is 5.69 Å². The summed E-state index contributed by atoms with van der Waals surface area (Å²) >= 11 is 0. The van der Waals surface area contributed by atoms with Crippen LogP contribution in [0.3, 0.4) is 0 Å². The van der Waals surface area contributed by atoms with Crippen LogP contribution in [0.15, 0.2) is 54.2 Å². The van der Waals surface area contributed by atoms with E-state index in [2.05, 4.69) is 34.8 Å². The Kier molecular flexibility index (Phi) is 2.40. The van der Waals surface area contributed by atoms with Gasteiger partial charge in [-0.15, -0.1) is 0 Å². The monoisotopic (exact) mass is 233 g/mol. The minimum Gasteiger partial charge on any atom is -0.0905 e. The molecule has 0 amide bonds. The Morgan fingerprint density at radius 2 is 1.83 bits per heavy atom. The molecule has 0 saturated heterocycles. The van der Waals surface area contributed by atoms with E-state index in [-0.39, 0.29) is 0 Å². The van der Waals surface area contributed by atoms with Crippen molar-refractivity contribution in [2.45, 2.75) is 6.42 Å². The standard InChI is InChI=1S/C15H11N3/c1-10-13-7-3-2-5-11(13)9-12-6-4-8-14(15(10)12)17-18-16/h2-8H,1,9H2. The molecule has 1 aliphatic carbocycles. The van der Waals surface area contributed by atoms with E-state index >= 15 is 0 Å². The van der Waals surface area contributed by atoms with Gasteiger partial charge in [0.15, 0.2) is 0 Å². The number of azide groups is 1. The zero-order valence-electron chi connectivity index (χ0n) is 9.80. The van der Waals surface area contributed by atoms with Crippen LogP contribution in [0, 0.1) is 0 Å². The molecule has 0 unspecified atom stereocenters. The Hall–Kier alpha value is -2.51. The molecule has 0 aliphatic heterocycles. The minimum atomic E-state index is 0.662. The van der Waals surface area contributed by atoms with Crippen LogP contribution in [-0.4, -0.2) is 0 Å². The lowest BCUT2D eigenvalue weighted by molar-refractivity contribution is 1.13. The molecule has 3 rings (SSSR count). The van der Waals surface area contributed by atoms with Gasteiger partial charge in [0.1, 0.15) is 0 Å². The van der Waals surface area contributed by atoms with Crippen LogP contribution in [0.2, 0.25) is 0 Å². The first-order valence-corrected chi connectivity index (χ1v) is 5.76. The highest BCUT2D eigenvalue weighted by molar-refractivity contribution is 5.89. The molecule has 0 aromatic heterocycles. The van der Waals surface area contributed by atoms with Crippen molar-refractivity contribution in [2.75, 3.05) is 0 Å². The molecule has 86 valence electrons. The summed E-state index contributed by atoms with van der Waals surface area (Å²) < 4.78 is 0. The van der Waals surface area contributed by atoms with E-state index in [0.29, 0.717) is 5.69 Å². The predicted octanol–water partition coefficient (Wildman–Crippen LogP) is 4.59. The third kappa shape index (κ3) is 1.50. The SMILES string of the molecule is C=C1c2ccccc2Cc2cccc(N=[N+]=[N-])c21. The van der Waals surface area contributed by atoms with Crippen molar-refractivity contribution in [3.63, 3.8) is 0 Å². The largest absolute Gasteiger partial charge is 0.0905 e. The number of nitrogens with zero attached hydrogens (tertiary/aromatic N) is 3. The van der Waals surface area contributed by atoms with Crippen molar-refractivity contribution in [1.29, 1.82) is 0 Å². The van der Waals surface area contributed by atoms with Crippen molar-refractivity contribution in [3.8, 4) is 0 Å². The topological polar surface area (TPSA) is 48.8 Å². The quantitative estimate of drug-likeness (QED) is 0.335. The molecule has 2 aromatic rings. The molecule has 0 N–H and O–H groups in total. The molecule has 0 radical (unpaired) electrons. The second kappa shape index (κ2) is 4.06. The van der Waals surface area contributed by atoms with Gasteiger partial charge in [-0.25, -0.2) is 0 Å². The van der Waals surface area contributed by atoms with E-state index in [1.54, 1.807) is 0 Å².